The number of hydrogen-bond donors (Lipinski definition) is 0. The lowest BCUT2D eigenvalue weighted by atomic mass is 10.2. The number of esters is 1. The van der Waals surface area contributed by atoms with E-state index in [9.17, 15) is 13.6 Å². The fourth-order valence-electron chi connectivity index (χ4n) is 1.15. The summed E-state index contributed by atoms with van der Waals surface area (Å²) in [6, 6.07) is 2.80. The molecule has 0 aromatic carbocycles. The van der Waals surface area contributed by atoms with Gasteiger partial charge in [-0.2, -0.15) is 8.78 Å². The standard InChI is InChI=1S/C13H15F2NO3/c1-13(2,3)19-11(17)7-5-9-4-6-10(16-8-9)18-12(14)15/h4-8,12H,1-3H3. The van der Waals surface area contributed by atoms with Crippen molar-refractivity contribution in [1.29, 1.82) is 0 Å². The van der Waals surface area contributed by atoms with Crippen LogP contribution in [0.1, 0.15) is 26.3 Å². The second kappa shape index (κ2) is 6.26. The Morgan fingerprint density at radius 2 is 2.05 bits per heavy atom. The Morgan fingerprint density at radius 1 is 1.37 bits per heavy atom. The summed E-state index contributed by atoms with van der Waals surface area (Å²) in [5.41, 5.74) is 0.0155. The number of aromatic nitrogens is 1. The fourth-order valence-corrected chi connectivity index (χ4v) is 1.15. The lowest BCUT2D eigenvalue weighted by Gasteiger charge is -2.17. The van der Waals surface area contributed by atoms with E-state index in [1.54, 1.807) is 20.8 Å². The van der Waals surface area contributed by atoms with Crippen molar-refractivity contribution in [2.45, 2.75) is 33.0 Å². The number of halogens is 2. The highest BCUT2D eigenvalue weighted by Crippen LogP contribution is 2.12. The molecule has 0 aliphatic rings. The lowest BCUT2D eigenvalue weighted by Crippen LogP contribution is -2.22. The summed E-state index contributed by atoms with van der Waals surface area (Å²) in [7, 11) is 0. The van der Waals surface area contributed by atoms with Crippen molar-refractivity contribution < 1.29 is 23.0 Å². The zero-order valence-electron chi connectivity index (χ0n) is 10.9. The molecule has 0 aliphatic carbocycles. The van der Waals surface area contributed by atoms with Crippen molar-refractivity contribution in [2.24, 2.45) is 0 Å². The zero-order valence-corrected chi connectivity index (χ0v) is 10.9. The lowest BCUT2D eigenvalue weighted by molar-refractivity contribution is -0.148. The molecule has 0 unspecified atom stereocenters. The Hall–Kier alpha value is -1.98. The van der Waals surface area contributed by atoms with Gasteiger partial charge in [0.2, 0.25) is 5.88 Å². The maximum atomic E-state index is 11.9. The molecule has 0 aliphatic heterocycles. The third-order valence-electron chi connectivity index (χ3n) is 1.79. The molecule has 0 N–H and O–H groups in total. The minimum absolute atomic E-state index is 0.176. The molecule has 4 nitrogen and oxygen atoms in total. The molecule has 0 bridgehead atoms. The first kappa shape index (κ1) is 15.1. The monoisotopic (exact) mass is 271 g/mol. The van der Waals surface area contributed by atoms with E-state index in [1.807, 2.05) is 0 Å². The van der Waals surface area contributed by atoms with E-state index in [2.05, 4.69) is 9.72 Å². The summed E-state index contributed by atoms with van der Waals surface area (Å²) < 4.78 is 33.0. The number of rotatable bonds is 4. The highest BCUT2D eigenvalue weighted by Gasteiger charge is 2.13. The van der Waals surface area contributed by atoms with Crippen molar-refractivity contribution >= 4 is 12.0 Å². The van der Waals surface area contributed by atoms with Crippen LogP contribution in [0.15, 0.2) is 24.4 Å². The Labute approximate surface area is 110 Å². The van der Waals surface area contributed by atoms with E-state index in [4.69, 9.17) is 4.74 Å². The molecule has 6 heteroatoms. The normalized spacial score (nSPS) is 11.9. The number of nitrogens with zero attached hydrogens (tertiary/aromatic N) is 1. The molecule has 0 saturated carbocycles. The summed E-state index contributed by atoms with van der Waals surface area (Å²) in [6.07, 6.45) is 4.04. The number of alkyl halides is 2. The van der Waals surface area contributed by atoms with E-state index in [-0.39, 0.29) is 5.88 Å². The summed E-state index contributed by atoms with van der Waals surface area (Å²) in [6.45, 7) is 2.38. The molecule has 0 atom stereocenters. The van der Waals surface area contributed by atoms with E-state index >= 15 is 0 Å². The van der Waals surface area contributed by atoms with Gasteiger partial charge in [-0.1, -0.05) is 0 Å². The quantitative estimate of drug-likeness (QED) is 0.624. The SMILES string of the molecule is CC(C)(C)OC(=O)C=Cc1ccc(OC(F)F)nc1. The van der Waals surface area contributed by atoms with Crippen LogP contribution in [-0.4, -0.2) is 23.2 Å². The number of hydrogen-bond acceptors (Lipinski definition) is 4. The summed E-state index contributed by atoms with van der Waals surface area (Å²) >= 11 is 0. The molecule has 0 radical (unpaired) electrons. The molecule has 1 heterocycles. The first-order valence-electron chi connectivity index (χ1n) is 5.58. The van der Waals surface area contributed by atoms with Crippen LogP contribution in [0.4, 0.5) is 8.78 Å². The molecule has 0 spiro atoms. The van der Waals surface area contributed by atoms with Gasteiger partial charge in [-0.3, -0.25) is 0 Å². The first-order chi connectivity index (χ1) is 8.76. The van der Waals surface area contributed by atoms with Gasteiger partial charge in [-0.15, -0.1) is 0 Å². The Morgan fingerprint density at radius 3 is 2.53 bits per heavy atom. The third-order valence-corrected chi connectivity index (χ3v) is 1.79. The van der Waals surface area contributed by atoms with E-state index < -0.39 is 18.2 Å². The molecule has 1 aromatic rings. The highest BCUT2D eigenvalue weighted by atomic mass is 19.3. The average Bonchev–Trinajstić information content (AvgIpc) is 2.25. The van der Waals surface area contributed by atoms with Crippen molar-refractivity contribution in [3.05, 3.63) is 30.0 Å². The molecule has 0 amide bonds. The maximum absolute atomic E-state index is 11.9. The summed E-state index contributed by atoms with van der Waals surface area (Å²) in [5.74, 6) is -0.662. The van der Waals surface area contributed by atoms with Gasteiger partial charge in [-0.05, 0) is 38.5 Å². The number of ether oxygens (including phenoxy) is 2. The van der Waals surface area contributed by atoms with Crippen LogP contribution in [-0.2, 0) is 9.53 Å². The fraction of sp³-hybridized carbons (Fsp3) is 0.385. The van der Waals surface area contributed by atoms with Crippen LogP contribution in [0.25, 0.3) is 6.08 Å². The molecular weight excluding hydrogens is 256 g/mol. The third kappa shape index (κ3) is 6.49. The molecule has 19 heavy (non-hydrogen) atoms. The molecule has 0 saturated heterocycles. The summed E-state index contributed by atoms with van der Waals surface area (Å²) in [5, 5.41) is 0. The predicted molar refractivity (Wildman–Crippen MR) is 65.7 cm³/mol. The van der Waals surface area contributed by atoms with Crippen molar-refractivity contribution in [3.8, 4) is 5.88 Å². The molecule has 104 valence electrons. The van der Waals surface area contributed by atoms with Crippen molar-refractivity contribution in [1.82, 2.24) is 4.98 Å². The minimum atomic E-state index is -2.91. The van der Waals surface area contributed by atoms with E-state index in [1.165, 1.54) is 30.5 Å². The largest absolute Gasteiger partial charge is 0.457 e. The number of pyridine rings is 1. The molecular formula is C13H15F2NO3. The Kier molecular flexibility index (Phi) is 4.97. The Balaban J connectivity index is 2.60. The van der Waals surface area contributed by atoms with Gasteiger partial charge in [0.25, 0.3) is 0 Å². The maximum Gasteiger partial charge on any atom is 0.388 e. The van der Waals surface area contributed by atoms with Gasteiger partial charge in [0.1, 0.15) is 5.60 Å². The zero-order chi connectivity index (χ0) is 14.5. The number of carbonyl (C=O) groups excluding carboxylic acids is 1. The first-order valence-corrected chi connectivity index (χ1v) is 5.58. The van der Waals surface area contributed by atoms with Crippen molar-refractivity contribution in [3.63, 3.8) is 0 Å². The number of carbonyl (C=O) groups is 1. The second-order valence-electron chi connectivity index (χ2n) is 4.68. The van der Waals surface area contributed by atoms with Crippen LogP contribution in [0.5, 0.6) is 5.88 Å². The smallest absolute Gasteiger partial charge is 0.388 e. The van der Waals surface area contributed by atoms with Gasteiger partial charge in [0.15, 0.2) is 0 Å². The van der Waals surface area contributed by atoms with Crippen LogP contribution in [0.3, 0.4) is 0 Å². The molecule has 0 fully saturated rings. The van der Waals surface area contributed by atoms with Crippen molar-refractivity contribution in [2.75, 3.05) is 0 Å². The predicted octanol–water partition coefficient (Wildman–Crippen LogP) is 3.04. The van der Waals surface area contributed by atoms with Gasteiger partial charge in [0, 0.05) is 18.3 Å². The van der Waals surface area contributed by atoms with Gasteiger partial charge in [0.05, 0.1) is 0 Å². The van der Waals surface area contributed by atoms with Crippen LogP contribution < -0.4 is 4.74 Å². The van der Waals surface area contributed by atoms with Crippen LogP contribution in [0.2, 0.25) is 0 Å². The van der Waals surface area contributed by atoms with Crippen LogP contribution in [0, 0.1) is 0 Å². The highest BCUT2D eigenvalue weighted by molar-refractivity contribution is 5.87. The summed E-state index contributed by atoms with van der Waals surface area (Å²) in [4.78, 5) is 15.1. The minimum Gasteiger partial charge on any atom is -0.457 e. The second-order valence-corrected chi connectivity index (χ2v) is 4.68. The van der Waals surface area contributed by atoms with E-state index in [0.717, 1.165) is 0 Å². The Bertz CT molecular complexity index is 450. The average molecular weight is 271 g/mol. The van der Waals surface area contributed by atoms with Gasteiger partial charge in [-0.25, -0.2) is 9.78 Å². The van der Waals surface area contributed by atoms with Gasteiger partial charge < -0.3 is 9.47 Å². The van der Waals surface area contributed by atoms with E-state index in [0.29, 0.717) is 5.56 Å². The molecule has 1 rings (SSSR count). The van der Waals surface area contributed by atoms with Gasteiger partial charge >= 0.3 is 12.6 Å². The topological polar surface area (TPSA) is 48.4 Å². The molecule has 1 aromatic heterocycles. The van der Waals surface area contributed by atoms with Crippen LogP contribution >= 0.6 is 0 Å².